The Labute approximate surface area is 89.0 Å². The van der Waals surface area contributed by atoms with Crippen LogP contribution in [0.1, 0.15) is 13.3 Å². The first-order valence-electron chi connectivity index (χ1n) is 5.18. The summed E-state index contributed by atoms with van der Waals surface area (Å²) < 4.78 is 4.99. The van der Waals surface area contributed by atoms with Crippen LogP contribution in [0, 0.1) is 5.92 Å². The summed E-state index contributed by atoms with van der Waals surface area (Å²) in [6.45, 7) is 3.98. The van der Waals surface area contributed by atoms with E-state index in [0.29, 0.717) is 32.7 Å². The number of carboxylic acid groups (broad SMARTS) is 1. The van der Waals surface area contributed by atoms with Gasteiger partial charge in [0.15, 0.2) is 5.78 Å². The molecule has 86 valence electrons. The summed E-state index contributed by atoms with van der Waals surface area (Å²) in [6.07, 6.45) is 0.636. The highest BCUT2D eigenvalue weighted by atomic mass is 16.5. The highest BCUT2D eigenvalue weighted by Crippen LogP contribution is 2.15. The molecule has 1 aliphatic heterocycles. The molecule has 5 heteroatoms. The number of likely N-dealkylation sites (tertiary alicyclic amines) is 1. The number of aliphatic carboxylic acids is 1. The first-order valence-corrected chi connectivity index (χ1v) is 5.18. The molecule has 1 unspecified atom stereocenters. The zero-order valence-corrected chi connectivity index (χ0v) is 8.94. The lowest BCUT2D eigenvalue weighted by Crippen LogP contribution is -2.31. The Morgan fingerprint density at radius 3 is 2.80 bits per heavy atom. The average molecular weight is 215 g/mol. The van der Waals surface area contributed by atoms with E-state index in [1.165, 1.54) is 0 Å². The topological polar surface area (TPSA) is 66.8 Å². The lowest BCUT2D eigenvalue weighted by Gasteiger charge is -2.13. The van der Waals surface area contributed by atoms with Crippen molar-refractivity contribution < 1.29 is 19.4 Å². The van der Waals surface area contributed by atoms with Crippen LogP contribution in [-0.4, -0.2) is 54.6 Å². The minimum atomic E-state index is -0.769. The molecule has 0 radical (unpaired) electrons. The molecule has 1 atom stereocenters. The number of carbonyl (C=O) groups excluding carboxylic acids is 1. The van der Waals surface area contributed by atoms with E-state index in [1.54, 1.807) is 0 Å². The Hall–Kier alpha value is -0.940. The first-order chi connectivity index (χ1) is 7.13. The quantitative estimate of drug-likeness (QED) is 0.675. The fourth-order valence-corrected chi connectivity index (χ4v) is 1.69. The molecule has 1 aliphatic rings. The Bertz CT molecular complexity index is 242. The summed E-state index contributed by atoms with van der Waals surface area (Å²) in [5.41, 5.74) is 0. The Kier molecular flexibility index (Phi) is 4.71. The number of hydrogen-bond donors (Lipinski definition) is 1. The predicted octanol–water partition coefficient (Wildman–Crippen LogP) is -0.00150. The van der Waals surface area contributed by atoms with E-state index in [2.05, 4.69) is 0 Å². The second-order valence-electron chi connectivity index (χ2n) is 3.73. The van der Waals surface area contributed by atoms with Crippen molar-refractivity contribution in [3.8, 4) is 0 Å². The molecule has 1 heterocycles. The Balaban J connectivity index is 2.23. The third kappa shape index (κ3) is 3.97. The van der Waals surface area contributed by atoms with E-state index >= 15 is 0 Å². The SMILES string of the molecule is CCOCC(=O)CN1CCC(C(=O)O)C1. The van der Waals surface area contributed by atoms with Gasteiger partial charge in [0.2, 0.25) is 0 Å². The minimum absolute atomic E-state index is 0.0166. The third-order valence-corrected chi connectivity index (χ3v) is 2.49. The average Bonchev–Trinajstić information content (AvgIpc) is 2.63. The van der Waals surface area contributed by atoms with Crippen LogP contribution in [-0.2, 0) is 14.3 Å². The standard InChI is InChI=1S/C10H17NO4/c1-2-15-7-9(12)6-11-4-3-8(5-11)10(13)14/h8H,2-7H2,1H3,(H,13,14). The molecule has 0 aromatic rings. The van der Waals surface area contributed by atoms with Gasteiger partial charge in [-0.1, -0.05) is 0 Å². The van der Waals surface area contributed by atoms with Crippen LogP contribution in [0.15, 0.2) is 0 Å². The van der Waals surface area contributed by atoms with Gasteiger partial charge in [-0.15, -0.1) is 0 Å². The van der Waals surface area contributed by atoms with E-state index in [-0.39, 0.29) is 18.3 Å². The monoisotopic (exact) mass is 215 g/mol. The lowest BCUT2D eigenvalue weighted by molar-refractivity contribution is -0.141. The van der Waals surface area contributed by atoms with Gasteiger partial charge >= 0.3 is 5.97 Å². The summed E-state index contributed by atoms with van der Waals surface area (Å²) in [7, 11) is 0. The molecule has 1 fully saturated rings. The van der Waals surface area contributed by atoms with Crippen molar-refractivity contribution >= 4 is 11.8 Å². The lowest BCUT2D eigenvalue weighted by atomic mass is 10.1. The third-order valence-electron chi connectivity index (χ3n) is 2.49. The number of Topliss-reactive ketones (excluding diaryl/α,β-unsaturated/α-hetero) is 1. The molecule has 15 heavy (non-hydrogen) atoms. The highest BCUT2D eigenvalue weighted by molar-refractivity contribution is 5.81. The van der Waals surface area contributed by atoms with Gasteiger partial charge in [-0.05, 0) is 19.9 Å². The van der Waals surface area contributed by atoms with Crippen molar-refractivity contribution in [3.05, 3.63) is 0 Å². The van der Waals surface area contributed by atoms with Crippen molar-refractivity contribution in [3.63, 3.8) is 0 Å². The van der Waals surface area contributed by atoms with Crippen LogP contribution in [0.25, 0.3) is 0 Å². The Morgan fingerprint density at radius 1 is 1.53 bits per heavy atom. The van der Waals surface area contributed by atoms with Gasteiger partial charge in [0.25, 0.3) is 0 Å². The van der Waals surface area contributed by atoms with Crippen molar-refractivity contribution in [2.24, 2.45) is 5.92 Å². The zero-order chi connectivity index (χ0) is 11.3. The molecule has 0 aromatic carbocycles. The van der Waals surface area contributed by atoms with E-state index < -0.39 is 5.97 Å². The summed E-state index contributed by atoms with van der Waals surface area (Å²) in [5, 5.41) is 8.77. The van der Waals surface area contributed by atoms with Gasteiger partial charge < -0.3 is 9.84 Å². The van der Waals surface area contributed by atoms with Crippen LogP contribution < -0.4 is 0 Å². The van der Waals surface area contributed by atoms with E-state index in [4.69, 9.17) is 9.84 Å². The predicted molar refractivity (Wildman–Crippen MR) is 53.7 cm³/mol. The maximum absolute atomic E-state index is 11.3. The number of ether oxygens (including phenoxy) is 1. The molecule has 0 saturated carbocycles. The molecular weight excluding hydrogens is 198 g/mol. The van der Waals surface area contributed by atoms with Crippen LogP contribution in [0.4, 0.5) is 0 Å². The number of carbonyl (C=O) groups is 2. The number of hydrogen-bond acceptors (Lipinski definition) is 4. The molecule has 1 rings (SSSR count). The molecule has 1 N–H and O–H groups in total. The fraction of sp³-hybridized carbons (Fsp3) is 0.800. The summed E-state index contributed by atoms with van der Waals surface area (Å²) in [6, 6.07) is 0. The number of ketones is 1. The summed E-state index contributed by atoms with van der Waals surface area (Å²) in [4.78, 5) is 23.9. The maximum Gasteiger partial charge on any atom is 0.307 e. The van der Waals surface area contributed by atoms with Crippen LogP contribution in [0.2, 0.25) is 0 Å². The zero-order valence-electron chi connectivity index (χ0n) is 8.94. The normalized spacial score (nSPS) is 21.8. The van der Waals surface area contributed by atoms with Gasteiger partial charge in [-0.2, -0.15) is 0 Å². The smallest absolute Gasteiger partial charge is 0.307 e. The Morgan fingerprint density at radius 2 is 2.27 bits per heavy atom. The van der Waals surface area contributed by atoms with E-state index in [9.17, 15) is 9.59 Å². The van der Waals surface area contributed by atoms with E-state index in [1.807, 2.05) is 11.8 Å². The number of carboxylic acids is 1. The second-order valence-corrected chi connectivity index (χ2v) is 3.73. The maximum atomic E-state index is 11.3. The highest BCUT2D eigenvalue weighted by Gasteiger charge is 2.28. The molecule has 0 spiro atoms. The number of rotatable bonds is 6. The van der Waals surface area contributed by atoms with Gasteiger partial charge in [-0.25, -0.2) is 0 Å². The van der Waals surface area contributed by atoms with Crippen molar-refractivity contribution in [2.45, 2.75) is 13.3 Å². The largest absolute Gasteiger partial charge is 0.481 e. The van der Waals surface area contributed by atoms with Crippen LogP contribution in [0.5, 0.6) is 0 Å². The second kappa shape index (κ2) is 5.82. The van der Waals surface area contributed by atoms with Gasteiger partial charge in [-0.3, -0.25) is 14.5 Å². The molecule has 1 saturated heterocycles. The molecule has 5 nitrogen and oxygen atoms in total. The molecule has 0 bridgehead atoms. The molecule has 0 aliphatic carbocycles. The van der Waals surface area contributed by atoms with Crippen molar-refractivity contribution in [2.75, 3.05) is 32.8 Å². The van der Waals surface area contributed by atoms with Gasteiger partial charge in [0.1, 0.15) is 6.61 Å². The molecule has 0 amide bonds. The van der Waals surface area contributed by atoms with Crippen LogP contribution in [0.3, 0.4) is 0 Å². The summed E-state index contributed by atoms with van der Waals surface area (Å²) in [5.74, 6) is -1.07. The first kappa shape index (κ1) is 12.1. The van der Waals surface area contributed by atoms with Gasteiger partial charge in [0.05, 0.1) is 12.5 Å². The number of nitrogens with zero attached hydrogens (tertiary/aromatic N) is 1. The molecular formula is C10H17NO4. The van der Waals surface area contributed by atoms with Crippen LogP contribution >= 0.6 is 0 Å². The molecule has 0 aromatic heterocycles. The van der Waals surface area contributed by atoms with E-state index in [0.717, 1.165) is 0 Å². The summed E-state index contributed by atoms with van der Waals surface area (Å²) >= 11 is 0. The fourth-order valence-electron chi connectivity index (χ4n) is 1.69. The van der Waals surface area contributed by atoms with Crippen molar-refractivity contribution in [1.82, 2.24) is 4.90 Å². The van der Waals surface area contributed by atoms with Crippen molar-refractivity contribution in [1.29, 1.82) is 0 Å². The minimum Gasteiger partial charge on any atom is -0.481 e. The van der Waals surface area contributed by atoms with Gasteiger partial charge in [0, 0.05) is 13.2 Å².